The van der Waals surface area contributed by atoms with Crippen molar-refractivity contribution in [3.8, 4) is 17.1 Å². The molecule has 6 nitrogen and oxygen atoms in total. The van der Waals surface area contributed by atoms with Crippen LogP contribution in [0.5, 0.6) is 5.75 Å². The molecular formula is C13H19N5O. The summed E-state index contributed by atoms with van der Waals surface area (Å²) in [7, 11) is 1.60. The number of anilines is 1. The highest BCUT2D eigenvalue weighted by atomic mass is 16.5. The first kappa shape index (κ1) is 13.3. The van der Waals surface area contributed by atoms with Crippen LogP contribution in [0.15, 0.2) is 18.2 Å². The fourth-order valence-corrected chi connectivity index (χ4v) is 2.21. The zero-order valence-corrected chi connectivity index (χ0v) is 11.5. The predicted molar refractivity (Wildman–Crippen MR) is 73.8 cm³/mol. The molecule has 0 bridgehead atoms. The van der Waals surface area contributed by atoms with Crippen LogP contribution < -0.4 is 10.5 Å². The second-order valence-electron chi connectivity index (χ2n) is 4.35. The van der Waals surface area contributed by atoms with Crippen LogP contribution in [0, 0.1) is 0 Å². The molecule has 102 valence electrons. The van der Waals surface area contributed by atoms with Gasteiger partial charge in [0.25, 0.3) is 0 Å². The van der Waals surface area contributed by atoms with Gasteiger partial charge in [0.05, 0.1) is 24.4 Å². The van der Waals surface area contributed by atoms with Gasteiger partial charge in [0.15, 0.2) is 11.6 Å². The van der Waals surface area contributed by atoms with E-state index in [1.165, 1.54) is 0 Å². The van der Waals surface area contributed by atoms with Crippen LogP contribution in [0.3, 0.4) is 0 Å². The summed E-state index contributed by atoms with van der Waals surface area (Å²) in [5, 5.41) is 12.0. The lowest BCUT2D eigenvalue weighted by atomic mass is 10.1. The molecule has 2 N–H and O–H groups in total. The molecule has 0 fully saturated rings. The molecule has 0 spiro atoms. The van der Waals surface area contributed by atoms with E-state index >= 15 is 0 Å². The SMILES string of the molecule is CCC(CC)n1nnnc1-c1cccc(N)c1OC. The summed E-state index contributed by atoms with van der Waals surface area (Å²) in [5.74, 6) is 1.31. The minimum Gasteiger partial charge on any atom is -0.494 e. The third-order valence-corrected chi connectivity index (χ3v) is 3.27. The first-order valence-electron chi connectivity index (χ1n) is 6.43. The number of nitrogens with zero attached hydrogens (tertiary/aromatic N) is 4. The number of rotatable bonds is 5. The number of hydrogen-bond donors (Lipinski definition) is 1. The molecule has 0 aliphatic rings. The molecule has 0 aliphatic heterocycles. The largest absolute Gasteiger partial charge is 0.494 e. The average molecular weight is 261 g/mol. The van der Waals surface area contributed by atoms with Crippen molar-refractivity contribution in [3.05, 3.63) is 18.2 Å². The quantitative estimate of drug-likeness (QED) is 0.835. The smallest absolute Gasteiger partial charge is 0.186 e. The summed E-state index contributed by atoms with van der Waals surface area (Å²) >= 11 is 0. The molecular weight excluding hydrogens is 242 g/mol. The predicted octanol–water partition coefficient (Wildman–Crippen LogP) is 2.29. The van der Waals surface area contributed by atoms with Crippen molar-refractivity contribution in [1.82, 2.24) is 20.2 Å². The molecule has 19 heavy (non-hydrogen) atoms. The van der Waals surface area contributed by atoms with Crippen molar-refractivity contribution in [2.45, 2.75) is 32.7 Å². The van der Waals surface area contributed by atoms with Crippen molar-refractivity contribution in [2.75, 3.05) is 12.8 Å². The molecule has 6 heteroatoms. The highest BCUT2D eigenvalue weighted by molar-refractivity contribution is 5.73. The summed E-state index contributed by atoms with van der Waals surface area (Å²) in [6, 6.07) is 5.86. The summed E-state index contributed by atoms with van der Waals surface area (Å²) in [6.45, 7) is 4.24. The lowest BCUT2D eigenvalue weighted by Gasteiger charge is -2.16. The Morgan fingerprint density at radius 1 is 1.32 bits per heavy atom. The summed E-state index contributed by atoms with van der Waals surface area (Å²) in [4.78, 5) is 0. The van der Waals surface area contributed by atoms with Crippen LogP contribution in [0.25, 0.3) is 11.4 Å². The van der Waals surface area contributed by atoms with E-state index in [1.54, 1.807) is 13.2 Å². The average Bonchev–Trinajstić information content (AvgIpc) is 2.89. The lowest BCUT2D eigenvalue weighted by molar-refractivity contribution is 0.410. The third kappa shape index (κ3) is 2.38. The fourth-order valence-electron chi connectivity index (χ4n) is 2.21. The zero-order valence-electron chi connectivity index (χ0n) is 11.5. The normalized spacial score (nSPS) is 10.9. The van der Waals surface area contributed by atoms with E-state index in [-0.39, 0.29) is 6.04 Å². The lowest BCUT2D eigenvalue weighted by Crippen LogP contribution is -2.11. The van der Waals surface area contributed by atoms with Crippen molar-refractivity contribution in [1.29, 1.82) is 0 Å². The maximum atomic E-state index is 5.93. The second kappa shape index (κ2) is 5.69. The van der Waals surface area contributed by atoms with Gasteiger partial charge in [0.2, 0.25) is 0 Å². The van der Waals surface area contributed by atoms with E-state index < -0.39 is 0 Å². The van der Waals surface area contributed by atoms with Gasteiger partial charge >= 0.3 is 0 Å². The molecule has 0 unspecified atom stereocenters. The molecule has 2 rings (SSSR count). The Kier molecular flexibility index (Phi) is 3.99. The van der Waals surface area contributed by atoms with E-state index in [9.17, 15) is 0 Å². The Morgan fingerprint density at radius 2 is 2.05 bits per heavy atom. The van der Waals surface area contributed by atoms with Gasteiger partial charge in [-0.2, -0.15) is 0 Å². The number of nitrogen functional groups attached to an aromatic ring is 1. The minimum atomic E-state index is 0.274. The highest BCUT2D eigenvalue weighted by Crippen LogP contribution is 2.34. The molecule has 2 aromatic rings. The van der Waals surface area contributed by atoms with Crippen molar-refractivity contribution in [3.63, 3.8) is 0 Å². The zero-order chi connectivity index (χ0) is 13.8. The van der Waals surface area contributed by atoms with E-state index in [4.69, 9.17) is 10.5 Å². The number of methoxy groups -OCH3 is 1. The van der Waals surface area contributed by atoms with Gasteiger partial charge < -0.3 is 10.5 Å². The van der Waals surface area contributed by atoms with Crippen molar-refractivity contribution >= 4 is 5.69 Å². The molecule has 1 heterocycles. The van der Waals surface area contributed by atoms with E-state index in [0.717, 1.165) is 18.4 Å². The number of ether oxygens (including phenoxy) is 1. The number of hydrogen-bond acceptors (Lipinski definition) is 5. The molecule has 0 atom stereocenters. The molecule has 1 aromatic heterocycles. The number of para-hydroxylation sites is 1. The number of aromatic nitrogens is 4. The maximum absolute atomic E-state index is 5.93. The Hall–Kier alpha value is -2.11. The summed E-state index contributed by atoms with van der Waals surface area (Å²) < 4.78 is 7.21. The Morgan fingerprint density at radius 3 is 2.68 bits per heavy atom. The summed E-state index contributed by atoms with van der Waals surface area (Å²) in [5.41, 5.74) is 7.33. The Bertz CT molecular complexity index is 548. The van der Waals surface area contributed by atoms with Gasteiger partial charge in [0.1, 0.15) is 0 Å². The second-order valence-corrected chi connectivity index (χ2v) is 4.35. The minimum absolute atomic E-state index is 0.274. The first-order valence-corrected chi connectivity index (χ1v) is 6.43. The molecule has 0 saturated carbocycles. The molecule has 0 aliphatic carbocycles. The number of benzene rings is 1. The first-order chi connectivity index (χ1) is 9.22. The van der Waals surface area contributed by atoms with E-state index in [2.05, 4.69) is 29.4 Å². The van der Waals surface area contributed by atoms with Crippen LogP contribution in [-0.4, -0.2) is 27.3 Å². The van der Waals surface area contributed by atoms with Crippen LogP contribution in [0.2, 0.25) is 0 Å². The van der Waals surface area contributed by atoms with Crippen LogP contribution in [0.1, 0.15) is 32.7 Å². The molecule has 1 aromatic carbocycles. The van der Waals surface area contributed by atoms with Gasteiger partial charge in [-0.15, -0.1) is 5.10 Å². The molecule has 0 radical (unpaired) electrons. The standard InChI is InChI=1S/C13H19N5O/c1-4-9(5-2)18-13(15-16-17-18)10-7-6-8-11(14)12(10)19-3/h6-9H,4-5,14H2,1-3H3. The van der Waals surface area contributed by atoms with Crippen molar-refractivity contribution in [2.24, 2.45) is 0 Å². The monoisotopic (exact) mass is 261 g/mol. The van der Waals surface area contributed by atoms with Gasteiger partial charge in [-0.05, 0) is 35.4 Å². The van der Waals surface area contributed by atoms with Gasteiger partial charge in [-0.3, -0.25) is 0 Å². The maximum Gasteiger partial charge on any atom is 0.186 e. The highest BCUT2D eigenvalue weighted by Gasteiger charge is 2.19. The van der Waals surface area contributed by atoms with Gasteiger partial charge in [0, 0.05) is 0 Å². The topological polar surface area (TPSA) is 78.9 Å². The van der Waals surface area contributed by atoms with Crippen LogP contribution >= 0.6 is 0 Å². The Labute approximate surface area is 112 Å². The fraction of sp³-hybridized carbons (Fsp3) is 0.462. The van der Waals surface area contributed by atoms with Gasteiger partial charge in [-0.1, -0.05) is 19.9 Å². The van der Waals surface area contributed by atoms with E-state index in [1.807, 2.05) is 16.8 Å². The summed E-state index contributed by atoms with van der Waals surface area (Å²) in [6.07, 6.45) is 1.94. The van der Waals surface area contributed by atoms with Crippen LogP contribution in [0.4, 0.5) is 5.69 Å². The number of tetrazole rings is 1. The molecule has 0 amide bonds. The van der Waals surface area contributed by atoms with Crippen LogP contribution in [-0.2, 0) is 0 Å². The number of nitrogens with two attached hydrogens (primary N) is 1. The Balaban J connectivity index is 2.54. The third-order valence-electron chi connectivity index (χ3n) is 3.27. The van der Waals surface area contributed by atoms with E-state index in [0.29, 0.717) is 17.3 Å². The van der Waals surface area contributed by atoms with Crippen molar-refractivity contribution < 1.29 is 4.74 Å². The molecule has 0 saturated heterocycles. The van der Waals surface area contributed by atoms with Gasteiger partial charge in [-0.25, -0.2) is 4.68 Å².